The van der Waals surface area contributed by atoms with Crippen LogP contribution in [0.1, 0.15) is 29.3 Å². The summed E-state index contributed by atoms with van der Waals surface area (Å²) in [5.74, 6) is 1.77. The molecule has 0 saturated heterocycles. The van der Waals surface area contributed by atoms with Crippen LogP contribution in [0, 0.1) is 6.92 Å². The van der Waals surface area contributed by atoms with Gasteiger partial charge in [-0.3, -0.25) is 0 Å². The van der Waals surface area contributed by atoms with Gasteiger partial charge in [0.05, 0.1) is 5.69 Å². The van der Waals surface area contributed by atoms with Gasteiger partial charge in [-0.05, 0) is 49.1 Å². The first-order valence-corrected chi connectivity index (χ1v) is 8.60. The van der Waals surface area contributed by atoms with Gasteiger partial charge in [0.2, 0.25) is 0 Å². The monoisotopic (exact) mass is 323 g/mol. The van der Waals surface area contributed by atoms with Gasteiger partial charge in [0.25, 0.3) is 5.19 Å². The second-order valence-corrected chi connectivity index (χ2v) is 6.50. The Morgan fingerprint density at radius 1 is 1.17 bits per heavy atom. The fourth-order valence-corrected chi connectivity index (χ4v) is 3.48. The maximum Gasteiger partial charge on any atom is 0.278 e. The summed E-state index contributed by atoms with van der Waals surface area (Å²) in [5, 5.41) is 2.67. The summed E-state index contributed by atoms with van der Waals surface area (Å²) in [4.78, 5) is 4.33. The van der Waals surface area contributed by atoms with E-state index in [0.717, 1.165) is 30.0 Å². The van der Waals surface area contributed by atoms with Gasteiger partial charge in [0.1, 0.15) is 17.6 Å². The van der Waals surface area contributed by atoms with Crippen molar-refractivity contribution in [3.63, 3.8) is 0 Å². The predicted octanol–water partition coefficient (Wildman–Crippen LogP) is 5.31. The number of aromatic nitrogens is 1. The van der Waals surface area contributed by atoms with Crippen molar-refractivity contribution in [2.45, 2.75) is 25.9 Å². The average Bonchev–Trinajstić information content (AvgIpc) is 3.00. The molecule has 0 bridgehead atoms. The van der Waals surface area contributed by atoms with Gasteiger partial charge in [0.15, 0.2) is 0 Å². The van der Waals surface area contributed by atoms with E-state index in [-0.39, 0.29) is 6.10 Å². The van der Waals surface area contributed by atoms with E-state index in [1.807, 2.05) is 30.5 Å². The molecule has 1 aromatic heterocycles. The van der Waals surface area contributed by atoms with Crippen LogP contribution in [0.2, 0.25) is 0 Å². The normalized spacial score (nSPS) is 16.5. The Morgan fingerprint density at radius 3 is 2.83 bits per heavy atom. The minimum atomic E-state index is 0.136. The maximum absolute atomic E-state index is 6.16. The highest BCUT2D eigenvalue weighted by Crippen LogP contribution is 2.37. The van der Waals surface area contributed by atoms with Gasteiger partial charge in [0, 0.05) is 5.38 Å². The Morgan fingerprint density at radius 2 is 2.04 bits per heavy atom. The highest BCUT2D eigenvalue weighted by molar-refractivity contribution is 7.11. The molecule has 3 nitrogen and oxygen atoms in total. The van der Waals surface area contributed by atoms with Gasteiger partial charge >= 0.3 is 0 Å². The molecule has 0 spiro atoms. The second-order valence-electron chi connectivity index (χ2n) is 5.68. The molecule has 1 aliphatic rings. The molecule has 0 N–H and O–H groups in total. The number of thiazole rings is 1. The van der Waals surface area contributed by atoms with E-state index in [9.17, 15) is 0 Å². The lowest BCUT2D eigenvalue weighted by atomic mass is 9.97. The van der Waals surface area contributed by atoms with Crippen LogP contribution in [0.15, 0.2) is 53.9 Å². The van der Waals surface area contributed by atoms with Crippen molar-refractivity contribution in [2.75, 3.05) is 0 Å². The zero-order valence-electron chi connectivity index (χ0n) is 12.9. The molecule has 2 aromatic carbocycles. The van der Waals surface area contributed by atoms with Crippen LogP contribution in [0.3, 0.4) is 0 Å². The molecule has 0 saturated carbocycles. The third kappa shape index (κ3) is 3.08. The first-order chi connectivity index (χ1) is 11.3. The Hall–Kier alpha value is -2.33. The molecule has 0 amide bonds. The lowest BCUT2D eigenvalue weighted by Crippen LogP contribution is -2.15. The van der Waals surface area contributed by atoms with Crippen LogP contribution in [0.25, 0.3) is 0 Å². The fourth-order valence-electron chi connectivity index (χ4n) is 2.81. The first-order valence-electron chi connectivity index (χ1n) is 7.72. The molecule has 23 heavy (non-hydrogen) atoms. The van der Waals surface area contributed by atoms with Crippen LogP contribution < -0.4 is 9.47 Å². The Labute approximate surface area is 139 Å². The first kappa shape index (κ1) is 14.3. The SMILES string of the molecule is Cc1csc(Oc2ccc3c(c2)CCC(c2ccccc2)O3)n1. The van der Waals surface area contributed by atoms with E-state index in [0.29, 0.717) is 5.19 Å². The lowest BCUT2D eigenvalue weighted by Gasteiger charge is -2.26. The summed E-state index contributed by atoms with van der Waals surface area (Å²) in [5.41, 5.74) is 3.41. The zero-order chi connectivity index (χ0) is 15.6. The molecule has 0 aliphatic carbocycles. The highest BCUT2D eigenvalue weighted by atomic mass is 32.1. The number of fused-ring (bicyclic) bond motifs is 1. The summed E-state index contributed by atoms with van der Waals surface area (Å²) in [6.45, 7) is 1.97. The van der Waals surface area contributed by atoms with Crippen LogP contribution >= 0.6 is 11.3 Å². The van der Waals surface area contributed by atoms with Crippen molar-refractivity contribution in [2.24, 2.45) is 0 Å². The van der Waals surface area contributed by atoms with E-state index in [2.05, 4.69) is 35.3 Å². The van der Waals surface area contributed by atoms with Crippen molar-refractivity contribution in [3.05, 3.63) is 70.7 Å². The van der Waals surface area contributed by atoms with E-state index < -0.39 is 0 Å². The molecule has 1 unspecified atom stereocenters. The number of aryl methyl sites for hydroxylation is 2. The topological polar surface area (TPSA) is 31.4 Å². The van der Waals surface area contributed by atoms with E-state index in [1.54, 1.807) is 0 Å². The molecule has 0 fully saturated rings. The van der Waals surface area contributed by atoms with Crippen molar-refractivity contribution < 1.29 is 9.47 Å². The van der Waals surface area contributed by atoms with Gasteiger partial charge < -0.3 is 9.47 Å². The summed E-state index contributed by atoms with van der Waals surface area (Å²) in [6.07, 6.45) is 2.11. The molecule has 1 atom stereocenters. The molecule has 1 aliphatic heterocycles. The van der Waals surface area contributed by atoms with Crippen LogP contribution in [-0.4, -0.2) is 4.98 Å². The number of rotatable bonds is 3. The van der Waals surface area contributed by atoms with E-state index >= 15 is 0 Å². The maximum atomic E-state index is 6.16. The summed E-state index contributed by atoms with van der Waals surface area (Å²) in [7, 11) is 0. The van der Waals surface area contributed by atoms with Gasteiger partial charge in [-0.25, -0.2) is 4.98 Å². The molecule has 0 radical (unpaired) electrons. The standard InChI is InChI=1S/C19H17NO2S/c1-13-12-23-19(20-13)21-16-8-10-18-15(11-16)7-9-17(22-18)14-5-3-2-4-6-14/h2-6,8,10-12,17H,7,9H2,1H3. The average molecular weight is 323 g/mol. The van der Waals surface area contributed by atoms with Crippen LogP contribution in [0.4, 0.5) is 0 Å². The zero-order valence-corrected chi connectivity index (χ0v) is 13.7. The largest absolute Gasteiger partial charge is 0.485 e. The van der Waals surface area contributed by atoms with Crippen molar-refractivity contribution in [1.82, 2.24) is 4.98 Å². The van der Waals surface area contributed by atoms with E-state index in [1.165, 1.54) is 22.5 Å². The molecule has 4 rings (SSSR count). The molecular weight excluding hydrogens is 306 g/mol. The minimum Gasteiger partial charge on any atom is -0.485 e. The fraction of sp³-hybridized carbons (Fsp3) is 0.211. The summed E-state index contributed by atoms with van der Waals surface area (Å²) < 4.78 is 12.0. The number of benzene rings is 2. The van der Waals surface area contributed by atoms with Gasteiger partial charge in [-0.15, -0.1) is 0 Å². The number of hydrogen-bond donors (Lipinski definition) is 0. The highest BCUT2D eigenvalue weighted by Gasteiger charge is 2.21. The Kier molecular flexibility index (Phi) is 3.75. The van der Waals surface area contributed by atoms with Gasteiger partial charge in [-0.1, -0.05) is 41.7 Å². The second kappa shape index (κ2) is 6.05. The molecule has 116 valence electrons. The minimum absolute atomic E-state index is 0.136. The Balaban J connectivity index is 1.53. The smallest absolute Gasteiger partial charge is 0.278 e. The van der Waals surface area contributed by atoms with Crippen molar-refractivity contribution in [3.8, 4) is 16.7 Å². The number of ether oxygens (including phenoxy) is 2. The molecule has 3 aromatic rings. The van der Waals surface area contributed by atoms with Crippen molar-refractivity contribution in [1.29, 1.82) is 0 Å². The van der Waals surface area contributed by atoms with Crippen molar-refractivity contribution >= 4 is 11.3 Å². The number of hydrogen-bond acceptors (Lipinski definition) is 4. The third-order valence-electron chi connectivity index (χ3n) is 3.95. The van der Waals surface area contributed by atoms with Crippen LogP contribution in [-0.2, 0) is 6.42 Å². The van der Waals surface area contributed by atoms with E-state index in [4.69, 9.17) is 9.47 Å². The molecule has 4 heteroatoms. The molecule has 2 heterocycles. The number of nitrogens with zero attached hydrogens (tertiary/aromatic N) is 1. The summed E-state index contributed by atoms with van der Waals surface area (Å²) >= 11 is 1.51. The third-order valence-corrected chi connectivity index (χ3v) is 4.79. The van der Waals surface area contributed by atoms with Crippen LogP contribution in [0.5, 0.6) is 16.7 Å². The predicted molar refractivity (Wildman–Crippen MR) is 91.5 cm³/mol. The quantitative estimate of drug-likeness (QED) is 0.654. The summed E-state index contributed by atoms with van der Waals surface area (Å²) in [6, 6.07) is 16.4. The molecular formula is C19H17NO2S. The lowest BCUT2D eigenvalue weighted by molar-refractivity contribution is 0.176. The Bertz CT molecular complexity index is 813. The van der Waals surface area contributed by atoms with Gasteiger partial charge in [-0.2, -0.15) is 0 Å².